The van der Waals surface area contributed by atoms with E-state index in [2.05, 4.69) is 13.8 Å². The summed E-state index contributed by atoms with van der Waals surface area (Å²) >= 11 is 6.05. The van der Waals surface area contributed by atoms with E-state index < -0.39 is 0 Å². The van der Waals surface area contributed by atoms with E-state index in [4.69, 9.17) is 11.6 Å². The smallest absolute Gasteiger partial charge is 0.194 e. The predicted molar refractivity (Wildman–Crippen MR) is 80.0 cm³/mol. The summed E-state index contributed by atoms with van der Waals surface area (Å²) in [5, 5.41) is 0.499. The van der Waals surface area contributed by atoms with E-state index in [1.807, 2.05) is 36.4 Å². The fourth-order valence-corrected chi connectivity index (χ4v) is 2.22. The highest BCUT2D eigenvalue weighted by Crippen LogP contribution is 2.22. The van der Waals surface area contributed by atoms with Gasteiger partial charge in [0.25, 0.3) is 0 Å². The fourth-order valence-electron chi connectivity index (χ4n) is 2.00. The Bertz CT molecular complexity index is 572. The number of ketones is 1. The lowest BCUT2D eigenvalue weighted by Crippen LogP contribution is -2.02. The summed E-state index contributed by atoms with van der Waals surface area (Å²) in [7, 11) is 0. The molecule has 0 fully saturated rings. The molecule has 2 aromatic carbocycles. The highest BCUT2D eigenvalue weighted by Gasteiger charge is 2.12. The SMILES string of the molecule is CCC(C)c1ccc(C(=O)c2ccccc2Cl)cc1. The van der Waals surface area contributed by atoms with Crippen molar-refractivity contribution in [1.82, 2.24) is 0 Å². The maximum atomic E-state index is 12.3. The Morgan fingerprint density at radius 2 is 1.74 bits per heavy atom. The normalized spacial score (nSPS) is 12.2. The van der Waals surface area contributed by atoms with Crippen molar-refractivity contribution in [2.24, 2.45) is 0 Å². The number of benzene rings is 2. The van der Waals surface area contributed by atoms with Crippen molar-refractivity contribution in [2.75, 3.05) is 0 Å². The second kappa shape index (κ2) is 6.03. The quantitative estimate of drug-likeness (QED) is 0.709. The molecule has 19 heavy (non-hydrogen) atoms. The van der Waals surface area contributed by atoms with Gasteiger partial charge >= 0.3 is 0 Å². The van der Waals surface area contributed by atoms with Crippen LogP contribution in [0.4, 0.5) is 0 Å². The van der Waals surface area contributed by atoms with Gasteiger partial charge in [0.1, 0.15) is 0 Å². The Hall–Kier alpha value is -1.60. The van der Waals surface area contributed by atoms with Gasteiger partial charge in [-0.05, 0) is 30.0 Å². The van der Waals surface area contributed by atoms with Crippen LogP contribution in [0, 0.1) is 0 Å². The molecule has 0 N–H and O–H groups in total. The fraction of sp³-hybridized carbons (Fsp3) is 0.235. The molecular weight excluding hydrogens is 256 g/mol. The molecule has 2 heteroatoms. The van der Waals surface area contributed by atoms with Crippen LogP contribution in [-0.4, -0.2) is 5.78 Å². The summed E-state index contributed by atoms with van der Waals surface area (Å²) in [6.07, 6.45) is 1.10. The number of hydrogen-bond donors (Lipinski definition) is 0. The first-order valence-electron chi connectivity index (χ1n) is 6.52. The number of halogens is 1. The maximum absolute atomic E-state index is 12.3. The van der Waals surface area contributed by atoms with Gasteiger partial charge in [-0.15, -0.1) is 0 Å². The van der Waals surface area contributed by atoms with Crippen LogP contribution in [0.2, 0.25) is 5.02 Å². The first kappa shape index (κ1) is 13.8. The summed E-state index contributed by atoms with van der Waals surface area (Å²) in [6.45, 7) is 4.35. The van der Waals surface area contributed by atoms with Gasteiger partial charge in [-0.25, -0.2) is 0 Å². The van der Waals surface area contributed by atoms with Gasteiger partial charge in [0, 0.05) is 11.1 Å². The Labute approximate surface area is 119 Å². The minimum Gasteiger partial charge on any atom is -0.289 e. The zero-order valence-electron chi connectivity index (χ0n) is 11.2. The Morgan fingerprint density at radius 3 is 2.32 bits per heavy atom. The van der Waals surface area contributed by atoms with E-state index in [9.17, 15) is 4.79 Å². The summed E-state index contributed by atoms with van der Waals surface area (Å²) in [5.74, 6) is 0.491. The molecule has 0 aromatic heterocycles. The molecule has 0 saturated carbocycles. The molecule has 0 heterocycles. The predicted octanol–water partition coefficient (Wildman–Crippen LogP) is 5.08. The zero-order chi connectivity index (χ0) is 13.8. The highest BCUT2D eigenvalue weighted by atomic mass is 35.5. The third-order valence-electron chi connectivity index (χ3n) is 3.47. The van der Waals surface area contributed by atoms with E-state index in [1.54, 1.807) is 12.1 Å². The molecule has 0 saturated heterocycles. The van der Waals surface area contributed by atoms with Crippen LogP contribution in [0.25, 0.3) is 0 Å². The maximum Gasteiger partial charge on any atom is 0.194 e. The molecule has 0 bridgehead atoms. The van der Waals surface area contributed by atoms with Gasteiger partial charge in [-0.2, -0.15) is 0 Å². The molecule has 2 aromatic rings. The molecule has 0 aliphatic heterocycles. The third kappa shape index (κ3) is 3.05. The summed E-state index contributed by atoms with van der Waals surface area (Å²) < 4.78 is 0. The molecule has 0 spiro atoms. The van der Waals surface area contributed by atoms with Crippen LogP contribution in [0.1, 0.15) is 47.7 Å². The number of hydrogen-bond acceptors (Lipinski definition) is 1. The second-order valence-electron chi connectivity index (χ2n) is 4.74. The summed E-state index contributed by atoms with van der Waals surface area (Å²) in [4.78, 5) is 12.3. The van der Waals surface area contributed by atoms with Crippen LogP contribution in [0.5, 0.6) is 0 Å². The van der Waals surface area contributed by atoms with Gasteiger partial charge < -0.3 is 0 Å². The molecule has 1 unspecified atom stereocenters. The zero-order valence-corrected chi connectivity index (χ0v) is 11.9. The number of rotatable bonds is 4. The van der Waals surface area contributed by atoms with Gasteiger partial charge in [0.2, 0.25) is 0 Å². The molecule has 0 radical (unpaired) electrons. The molecule has 0 amide bonds. The van der Waals surface area contributed by atoms with Crippen LogP contribution in [0.3, 0.4) is 0 Å². The van der Waals surface area contributed by atoms with E-state index in [-0.39, 0.29) is 5.78 Å². The van der Waals surface area contributed by atoms with Gasteiger partial charge in [0.05, 0.1) is 5.02 Å². The van der Waals surface area contributed by atoms with Crippen molar-refractivity contribution in [3.05, 3.63) is 70.2 Å². The van der Waals surface area contributed by atoms with E-state index >= 15 is 0 Å². The van der Waals surface area contributed by atoms with E-state index in [1.165, 1.54) is 5.56 Å². The minimum atomic E-state index is -0.0266. The molecule has 0 aliphatic rings. The third-order valence-corrected chi connectivity index (χ3v) is 3.80. The molecule has 98 valence electrons. The Kier molecular flexibility index (Phi) is 4.39. The average Bonchev–Trinajstić information content (AvgIpc) is 2.46. The van der Waals surface area contributed by atoms with E-state index in [0.29, 0.717) is 22.1 Å². The van der Waals surface area contributed by atoms with Gasteiger partial charge in [-0.1, -0.05) is 61.8 Å². The van der Waals surface area contributed by atoms with Crippen molar-refractivity contribution >= 4 is 17.4 Å². The monoisotopic (exact) mass is 272 g/mol. The lowest BCUT2D eigenvalue weighted by Gasteiger charge is -2.09. The lowest BCUT2D eigenvalue weighted by molar-refractivity contribution is 0.103. The Balaban J connectivity index is 2.28. The molecule has 1 atom stereocenters. The topological polar surface area (TPSA) is 17.1 Å². The Morgan fingerprint density at radius 1 is 1.11 bits per heavy atom. The number of carbonyl (C=O) groups is 1. The second-order valence-corrected chi connectivity index (χ2v) is 5.15. The first-order valence-corrected chi connectivity index (χ1v) is 6.90. The van der Waals surface area contributed by atoms with Crippen LogP contribution in [0.15, 0.2) is 48.5 Å². The lowest BCUT2D eigenvalue weighted by atomic mass is 9.95. The summed E-state index contributed by atoms with van der Waals surface area (Å²) in [6, 6.07) is 15.0. The molecule has 1 nitrogen and oxygen atoms in total. The van der Waals surface area contributed by atoms with Crippen LogP contribution < -0.4 is 0 Å². The first-order chi connectivity index (χ1) is 9.13. The van der Waals surface area contributed by atoms with Crippen molar-refractivity contribution in [3.63, 3.8) is 0 Å². The van der Waals surface area contributed by atoms with Crippen molar-refractivity contribution < 1.29 is 4.79 Å². The van der Waals surface area contributed by atoms with E-state index in [0.717, 1.165) is 6.42 Å². The number of carbonyl (C=O) groups excluding carboxylic acids is 1. The molecule has 2 rings (SSSR count). The highest BCUT2D eigenvalue weighted by molar-refractivity contribution is 6.34. The molecule has 0 aliphatic carbocycles. The van der Waals surface area contributed by atoms with Crippen LogP contribution in [-0.2, 0) is 0 Å². The van der Waals surface area contributed by atoms with Gasteiger partial charge in [-0.3, -0.25) is 4.79 Å². The van der Waals surface area contributed by atoms with Gasteiger partial charge in [0.15, 0.2) is 5.78 Å². The van der Waals surface area contributed by atoms with Crippen molar-refractivity contribution in [1.29, 1.82) is 0 Å². The summed E-state index contributed by atoms with van der Waals surface area (Å²) in [5.41, 5.74) is 2.50. The van der Waals surface area contributed by atoms with Crippen molar-refractivity contribution in [2.45, 2.75) is 26.2 Å². The largest absolute Gasteiger partial charge is 0.289 e. The van der Waals surface area contributed by atoms with Crippen LogP contribution >= 0.6 is 11.6 Å². The minimum absolute atomic E-state index is 0.0266. The van der Waals surface area contributed by atoms with Crippen molar-refractivity contribution in [3.8, 4) is 0 Å². The average molecular weight is 273 g/mol. The molecular formula is C17H17ClO. The standard InChI is InChI=1S/C17H17ClO/c1-3-12(2)13-8-10-14(11-9-13)17(19)15-6-4-5-7-16(15)18/h4-12H,3H2,1-2H3.